The lowest BCUT2D eigenvalue weighted by Crippen LogP contribution is -2.05. The molecule has 0 amide bonds. The summed E-state index contributed by atoms with van der Waals surface area (Å²) in [6, 6.07) is 5.99. The Morgan fingerprint density at radius 1 is 1.05 bits per heavy atom. The molecule has 0 unspecified atom stereocenters. The standard InChI is InChI=1S/C14H11ClF3N/c1-19-7-9-3-2-8(4-11(9)15)14-12(17)5-10(16)6-13(14)18/h2-6,19H,7H2,1H3. The molecule has 0 spiro atoms. The van der Waals surface area contributed by atoms with Crippen molar-refractivity contribution in [1.29, 1.82) is 0 Å². The summed E-state index contributed by atoms with van der Waals surface area (Å²) in [5.74, 6) is -2.85. The smallest absolute Gasteiger partial charge is 0.136 e. The maximum atomic E-state index is 13.6. The molecule has 0 saturated heterocycles. The summed E-state index contributed by atoms with van der Waals surface area (Å²) >= 11 is 6.04. The average molecular weight is 286 g/mol. The summed E-state index contributed by atoms with van der Waals surface area (Å²) in [7, 11) is 1.77. The number of halogens is 4. The summed E-state index contributed by atoms with van der Waals surface area (Å²) in [5.41, 5.74) is 0.815. The Labute approximate surface area is 114 Å². The van der Waals surface area contributed by atoms with E-state index in [0.29, 0.717) is 23.7 Å². The van der Waals surface area contributed by atoms with Crippen LogP contribution in [0.4, 0.5) is 13.2 Å². The molecule has 1 nitrogen and oxygen atoms in total. The fraction of sp³-hybridized carbons (Fsp3) is 0.143. The van der Waals surface area contributed by atoms with Crippen LogP contribution in [0.5, 0.6) is 0 Å². The van der Waals surface area contributed by atoms with Crippen LogP contribution in [-0.4, -0.2) is 7.05 Å². The van der Waals surface area contributed by atoms with Gasteiger partial charge in [-0.05, 0) is 24.2 Å². The van der Waals surface area contributed by atoms with Gasteiger partial charge in [-0.2, -0.15) is 0 Å². The second-order valence-corrected chi connectivity index (χ2v) is 4.49. The topological polar surface area (TPSA) is 12.0 Å². The van der Waals surface area contributed by atoms with Crippen molar-refractivity contribution in [2.24, 2.45) is 0 Å². The third-order valence-corrected chi connectivity index (χ3v) is 3.07. The third-order valence-electron chi connectivity index (χ3n) is 2.72. The van der Waals surface area contributed by atoms with Crippen LogP contribution in [0.15, 0.2) is 30.3 Å². The maximum Gasteiger partial charge on any atom is 0.136 e. The van der Waals surface area contributed by atoms with Crippen molar-refractivity contribution < 1.29 is 13.2 Å². The molecule has 0 aliphatic rings. The van der Waals surface area contributed by atoms with Crippen molar-refractivity contribution in [3.05, 3.63) is 58.4 Å². The lowest BCUT2D eigenvalue weighted by molar-refractivity contribution is 0.548. The van der Waals surface area contributed by atoms with Gasteiger partial charge in [0.15, 0.2) is 0 Å². The molecule has 0 fully saturated rings. The first-order chi connectivity index (χ1) is 9.02. The van der Waals surface area contributed by atoms with Gasteiger partial charge in [0.05, 0.1) is 5.56 Å². The molecule has 19 heavy (non-hydrogen) atoms. The van der Waals surface area contributed by atoms with Gasteiger partial charge in [0.25, 0.3) is 0 Å². The number of nitrogens with one attached hydrogen (secondary N) is 1. The highest BCUT2D eigenvalue weighted by Crippen LogP contribution is 2.30. The van der Waals surface area contributed by atoms with Crippen LogP contribution in [0.25, 0.3) is 11.1 Å². The molecule has 0 aliphatic heterocycles. The molecule has 2 aromatic rings. The lowest BCUT2D eigenvalue weighted by atomic mass is 10.0. The number of hydrogen-bond donors (Lipinski definition) is 1. The van der Waals surface area contributed by atoms with E-state index in [4.69, 9.17) is 11.6 Å². The molecule has 0 heterocycles. The highest BCUT2D eigenvalue weighted by molar-refractivity contribution is 6.31. The molecule has 0 bridgehead atoms. The van der Waals surface area contributed by atoms with Gasteiger partial charge < -0.3 is 5.32 Å². The summed E-state index contributed by atoms with van der Waals surface area (Å²) < 4.78 is 40.1. The largest absolute Gasteiger partial charge is 0.316 e. The molecule has 2 rings (SSSR count). The SMILES string of the molecule is CNCc1ccc(-c2c(F)cc(F)cc2F)cc1Cl. The Morgan fingerprint density at radius 2 is 1.68 bits per heavy atom. The zero-order valence-corrected chi connectivity index (χ0v) is 10.9. The first-order valence-electron chi connectivity index (χ1n) is 5.61. The van der Waals surface area contributed by atoms with Crippen LogP contribution in [0.2, 0.25) is 5.02 Å². The van der Waals surface area contributed by atoms with Gasteiger partial charge in [-0.15, -0.1) is 0 Å². The van der Waals surface area contributed by atoms with Gasteiger partial charge in [0.1, 0.15) is 17.5 Å². The van der Waals surface area contributed by atoms with Crippen molar-refractivity contribution in [2.75, 3.05) is 7.05 Å². The van der Waals surface area contributed by atoms with Crippen molar-refractivity contribution in [1.82, 2.24) is 5.32 Å². The number of hydrogen-bond acceptors (Lipinski definition) is 1. The van der Waals surface area contributed by atoms with E-state index in [9.17, 15) is 13.2 Å². The highest BCUT2D eigenvalue weighted by Gasteiger charge is 2.14. The average Bonchev–Trinajstić information content (AvgIpc) is 2.31. The van der Waals surface area contributed by atoms with E-state index in [-0.39, 0.29) is 11.1 Å². The predicted molar refractivity (Wildman–Crippen MR) is 69.5 cm³/mol. The minimum atomic E-state index is -0.949. The van der Waals surface area contributed by atoms with Crippen LogP contribution < -0.4 is 5.32 Å². The Hall–Kier alpha value is -1.52. The zero-order chi connectivity index (χ0) is 14.0. The number of benzene rings is 2. The van der Waals surface area contributed by atoms with Gasteiger partial charge in [0.2, 0.25) is 0 Å². The van der Waals surface area contributed by atoms with Crippen molar-refractivity contribution in [3.63, 3.8) is 0 Å². The summed E-state index contributed by atoms with van der Waals surface area (Å²) in [5, 5.41) is 3.33. The van der Waals surface area contributed by atoms with Gasteiger partial charge in [-0.1, -0.05) is 23.7 Å². The van der Waals surface area contributed by atoms with E-state index in [1.807, 2.05) is 0 Å². The van der Waals surface area contributed by atoms with Crippen LogP contribution in [0.1, 0.15) is 5.56 Å². The molecule has 0 saturated carbocycles. The fourth-order valence-corrected chi connectivity index (χ4v) is 2.10. The van der Waals surface area contributed by atoms with Crippen LogP contribution in [0.3, 0.4) is 0 Å². The lowest BCUT2D eigenvalue weighted by Gasteiger charge is -2.09. The van der Waals surface area contributed by atoms with Crippen molar-refractivity contribution in [3.8, 4) is 11.1 Å². The molecule has 1 N–H and O–H groups in total. The van der Waals surface area contributed by atoms with Crippen LogP contribution in [-0.2, 0) is 6.54 Å². The number of rotatable bonds is 3. The monoisotopic (exact) mass is 285 g/mol. The second kappa shape index (κ2) is 5.63. The van der Waals surface area contributed by atoms with E-state index >= 15 is 0 Å². The summed E-state index contributed by atoms with van der Waals surface area (Å²) in [6.45, 7) is 0.549. The van der Waals surface area contributed by atoms with Crippen molar-refractivity contribution in [2.45, 2.75) is 6.54 Å². The molecule has 5 heteroatoms. The molecule has 0 aromatic heterocycles. The fourth-order valence-electron chi connectivity index (χ4n) is 1.85. The Morgan fingerprint density at radius 3 is 2.21 bits per heavy atom. The third kappa shape index (κ3) is 2.91. The molecular weight excluding hydrogens is 275 g/mol. The van der Waals surface area contributed by atoms with E-state index < -0.39 is 17.5 Å². The molecule has 0 aliphatic carbocycles. The van der Waals surface area contributed by atoms with Crippen molar-refractivity contribution >= 4 is 11.6 Å². The molecular formula is C14H11ClF3N. The maximum absolute atomic E-state index is 13.6. The van der Waals surface area contributed by atoms with E-state index in [1.165, 1.54) is 6.07 Å². The quantitative estimate of drug-likeness (QED) is 0.893. The zero-order valence-electron chi connectivity index (χ0n) is 10.1. The van der Waals surface area contributed by atoms with Crippen LogP contribution in [0, 0.1) is 17.5 Å². The van der Waals surface area contributed by atoms with Gasteiger partial charge in [-0.3, -0.25) is 0 Å². The first-order valence-corrected chi connectivity index (χ1v) is 5.98. The molecule has 0 radical (unpaired) electrons. The first kappa shape index (κ1) is 13.9. The predicted octanol–water partition coefficient (Wildman–Crippen LogP) is 4.14. The second-order valence-electron chi connectivity index (χ2n) is 4.08. The van der Waals surface area contributed by atoms with Gasteiger partial charge in [-0.25, -0.2) is 13.2 Å². The van der Waals surface area contributed by atoms with Gasteiger partial charge in [0, 0.05) is 23.7 Å². The minimum Gasteiger partial charge on any atom is -0.316 e. The van der Waals surface area contributed by atoms with E-state index in [0.717, 1.165) is 5.56 Å². The molecule has 2 aromatic carbocycles. The summed E-state index contributed by atoms with van der Waals surface area (Å²) in [6.07, 6.45) is 0. The summed E-state index contributed by atoms with van der Waals surface area (Å²) in [4.78, 5) is 0. The highest BCUT2D eigenvalue weighted by atomic mass is 35.5. The molecule has 100 valence electrons. The van der Waals surface area contributed by atoms with E-state index in [2.05, 4.69) is 5.32 Å². The minimum absolute atomic E-state index is 0.278. The molecule has 0 atom stereocenters. The van der Waals surface area contributed by atoms with Crippen LogP contribution >= 0.6 is 11.6 Å². The Kier molecular flexibility index (Phi) is 4.12. The van der Waals surface area contributed by atoms with E-state index in [1.54, 1.807) is 19.2 Å². The van der Waals surface area contributed by atoms with Gasteiger partial charge >= 0.3 is 0 Å². The Balaban J connectivity index is 2.51. The Bertz CT molecular complexity index is 591. The normalized spacial score (nSPS) is 10.8.